The molecular weight excluding hydrogens is 264 g/mol. The van der Waals surface area contributed by atoms with Gasteiger partial charge in [0.05, 0.1) is 6.61 Å². The van der Waals surface area contributed by atoms with Crippen LogP contribution in [-0.4, -0.2) is 18.7 Å². The largest absolute Gasteiger partial charge is 0.494 e. The lowest BCUT2D eigenvalue weighted by Crippen LogP contribution is -2.40. The first-order valence-corrected chi connectivity index (χ1v) is 8.04. The van der Waals surface area contributed by atoms with Gasteiger partial charge in [-0.15, -0.1) is 0 Å². The highest BCUT2D eigenvalue weighted by Crippen LogP contribution is 2.17. The summed E-state index contributed by atoms with van der Waals surface area (Å²) in [6, 6.07) is 8.21. The molecule has 1 aromatic rings. The summed E-state index contributed by atoms with van der Waals surface area (Å²) in [6.45, 7) is 3.46. The van der Waals surface area contributed by atoms with Crippen molar-refractivity contribution < 1.29 is 9.53 Å². The molecule has 2 amide bonds. The van der Waals surface area contributed by atoms with E-state index < -0.39 is 0 Å². The maximum atomic E-state index is 11.8. The molecule has 0 saturated heterocycles. The number of hydrogen-bond donors (Lipinski definition) is 2. The van der Waals surface area contributed by atoms with Crippen molar-refractivity contribution in [1.82, 2.24) is 10.6 Å². The van der Waals surface area contributed by atoms with Gasteiger partial charge < -0.3 is 15.4 Å². The van der Waals surface area contributed by atoms with Crippen LogP contribution in [0.15, 0.2) is 24.3 Å². The Morgan fingerprint density at radius 3 is 2.62 bits per heavy atom. The molecule has 1 aliphatic rings. The molecule has 0 unspecified atom stereocenters. The molecule has 2 rings (SSSR count). The van der Waals surface area contributed by atoms with Crippen LogP contribution < -0.4 is 15.4 Å². The third kappa shape index (κ3) is 5.66. The predicted molar refractivity (Wildman–Crippen MR) is 84.5 cm³/mol. The number of ether oxygens (including phenoxy) is 1. The lowest BCUT2D eigenvalue weighted by molar-refractivity contribution is 0.236. The summed E-state index contributed by atoms with van der Waals surface area (Å²) >= 11 is 0. The minimum Gasteiger partial charge on any atom is -0.494 e. The van der Waals surface area contributed by atoms with Gasteiger partial charge in [-0.1, -0.05) is 38.3 Å². The second-order valence-electron chi connectivity index (χ2n) is 5.65. The fourth-order valence-corrected chi connectivity index (χ4v) is 2.53. The van der Waals surface area contributed by atoms with Gasteiger partial charge in [0.25, 0.3) is 0 Å². The second kappa shape index (κ2) is 8.55. The standard InChI is InChI=1S/C17H26N2O2/c1-2-3-12-21-16-10-8-14(9-11-16)13-18-17(20)19-15-6-4-5-7-15/h8-11,15H,2-7,12-13H2,1H3,(H2,18,19,20). The summed E-state index contributed by atoms with van der Waals surface area (Å²) in [5, 5.41) is 5.93. The van der Waals surface area contributed by atoms with Gasteiger partial charge in [-0.25, -0.2) is 4.79 Å². The third-order valence-electron chi connectivity index (χ3n) is 3.83. The average molecular weight is 290 g/mol. The number of unbranched alkanes of at least 4 members (excludes halogenated alkanes) is 1. The average Bonchev–Trinajstić information content (AvgIpc) is 2.99. The Morgan fingerprint density at radius 2 is 1.95 bits per heavy atom. The van der Waals surface area contributed by atoms with Crippen molar-refractivity contribution in [3.8, 4) is 5.75 Å². The Bertz CT molecular complexity index is 425. The summed E-state index contributed by atoms with van der Waals surface area (Å²) in [5.74, 6) is 0.891. The number of nitrogens with one attached hydrogen (secondary N) is 2. The van der Waals surface area contributed by atoms with Crippen molar-refractivity contribution in [3.63, 3.8) is 0 Å². The Hall–Kier alpha value is -1.71. The highest BCUT2D eigenvalue weighted by atomic mass is 16.5. The Labute approximate surface area is 127 Å². The zero-order valence-electron chi connectivity index (χ0n) is 12.9. The number of rotatable bonds is 7. The molecule has 4 heteroatoms. The van der Waals surface area contributed by atoms with Gasteiger partial charge in [-0.2, -0.15) is 0 Å². The smallest absolute Gasteiger partial charge is 0.315 e. The normalized spacial score (nSPS) is 14.9. The summed E-state index contributed by atoms with van der Waals surface area (Å²) in [6.07, 6.45) is 6.88. The van der Waals surface area contributed by atoms with Gasteiger partial charge in [-0.3, -0.25) is 0 Å². The molecule has 1 aromatic carbocycles. The predicted octanol–water partition coefficient (Wildman–Crippen LogP) is 3.61. The molecule has 0 radical (unpaired) electrons. The number of hydrogen-bond acceptors (Lipinski definition) is 2. The molecule has 0 aliphatic heterocycles. The molecule has 0 heterocycles. The van der Waals surface area contributed by atoms with Crippen molar-refractivity contribution in [3.05, 3.63) is 29.8 Å². The van der Waals surface area contributed by atoms with Crippen molar-refractivity contribution in [2.45, 2.75) is 58.0 Å². The third-order valence-corrected chi connectivity index (χ3v) is 3.83. The maximum absolute atomic E-state index is 11.8. The van der Waals surface area contributed by atoms with E-state index in [1.807, 2.05) is 24.3 Å². The van der Waals surface area contributed by atoms with Crippen LogP contribution >= 0.6 is 0 Å². The van der Waals surface area contributed by atoms with Crippen LogP contribution in [0.1, 0.15) is 51.0 Å². The fraction of sp³-hybridized carbons (Fsp3) is 0.588. The zero-order valence-corrected chi connectivity index (χ0v) is 12.9. The van der Waals surface area contributed by atoms with E-state index in [1.165, 1.54) is 12.8 Å². The molecule has 0 spiro atoms. The van der Waals surface area contributed by atoms with Crippen LogP contribution in [0.5, 0.6) is 5.75 Å². The van der Waals surface area contributed by atoms with Gasteiger partial charge in [0.15, 0.2) is 0 Å². The van der Waals surface area contributed by atoms with Gasteiger partial charge >= 0.3 is 6.03 Å². The van der Waals surface area contributed by atoms with Crippen LogP contribution in [0.3, 0.4) is 0 Å². The first kappa shape index (κ1) is 15.7. The number of carbonyl (C=O) groups excluding carboxylic acids is 1. The highest BCUT2D eigenvalue weighted by Gasteiger charge is 2.16. The Kier molecular flexibility index (Phi) is 6.38. The van der Waals surface area contributed by atoms with Crippen LogP contribution in [0.2, 0.25) is 0 Å². The van der Waals surface area contributed by atoms with E-state index in [9.17, 15) is 4.79 Å². The molecule has 1 saturated carbocycles. The van der Waals surface area contributed by atoms with Crippen LogP contribution in [0.4, 0.5) is 4.79 Å². The van der Waals surface area contributed by atoms with E-state index in [-0.39, 0.29) is 6.03 Å². The Balaban J connectivity index is 1.68. The highest BCUT2D eigenvalue weighted by molar-refractivity contribution is 5.74. The molecule has 0 bridgehead atoms. The van der Waals surface area contributed by atoms with Crippen molar-refractivity contribution >= 4 is 6.03 Å². The molecule has 2 N–H and O–H groups in total. The maximum Gasteiger partial charge on any atom is 0.315 e. The molecule has 4 nitrogen and oxygen atoms in total. The Morgan fingerprint density at radius 1 is 1.24 bits per heavy atom. The van der Waals surface area contributed by atoms with E-state index >= 15 is 0 Å². The van der Waals surface area contributed by atoms with Gasteiger partial charge in [0.1, 0.15) is 5.75 Å². The lowest BCUT2D eigenvalue weighted by atomic mass is 10.2. The van der Waals surface area contributed by atoms with Crippen LogP contribution in [0, 0.1) is 0 Å². The number of carbonyl (C=O) groups is 1. The molecular formula is C17H26N2O2. The fourth-order valence-electron chi connectivity index (χ4n) is 2.53. The van der Waals surface area contributed by atoms with Crippen molar-refractivity contribution in [2.75, 3.05) is 6.61 Å². The van der Waals surface area contributed by atoms with Gasteiger partial charge in [-0.05, 0) is 37.0 Å². The topological polar surface area (TPSA) is 50.4 Å². The SMILES string of the molecule is CCCCOc1ccc(CNC(=O)NC2CCCC2)cc1. The molecule has 1 fully saturated rings. The first-order chi connectivity index (χ1) is 10.3. The first-order valence-electron chi connectivity index (χ1n) is 8.04. The summed E-state index contributed by atoms with van der Waals surface area (Å²) in [5.41, 5.74) is 1.08. The minimum atomic E-state index is -0.0647. The zero-order chi connectivity index (χ0) is 14.9. The number of urea groups is 1. The molecule has 1 aliphatic carbocycles. The summed E-state index contributed by atoms with van der Waals surface area (Å²) in [4.78, 5) is 11.8. The quantitative estimate of drug-likeness (QED) is 0.754. The molecule has 0 aromatic heterocycles. The number of amides is 2. The van der Waals surface area contributed by atoms with E-state index in [0.29, 0.717) is 12.6 Å². The summed E-state index contributed by atoms with van der Waals surface area (Å²) in [7, 11) is 0. The minimum absolute atomic E-state index is 0.0647. The van der Waals surface area contributed by atoms with E-state index in [1.54, 1.807) is 0 Å². The second-order valence-corrected chi connectivity index (χ2v) is 5.65. The summed E-state index contributed by atoms with van der Waals surface area (Å²) < 4.78 is 5.62. The van der Waals surface area contributed by atoms with E-state index in [0.717, 1.165) is 43.6 Å². The van der Waals surface area contributed by atoms with Crippen LogP contribution in [0.25, 0.3) is 0 Å². The lowest BCUT2D eigenvalue weighted by Gasteiger charge is -2.13. The van der Waals surface area contributed by atoms with Gasteiger partial charge in [0.2, 0.25) is 0 Å². The van der Waals surface area contributed by atoms with E-state index in [4.69, 9.17) is 4.74 Å². The van der Waals surface area contributed by atoms with Gasteiger partial charge in [0, 0.05) is 12.6 Å². The van der Waals surface area contributed by atoms with Crippen LogP contribution in [-0.2, 0) is 6.54 Å². The van der Waals surface area contributed by atoms with E-state index in [2.05, 4.69) is 17.6 Å². The number of benzene rings is 1. The van der Waals surface area contributed by atoms with Crippen molar-refractivity contribution in [1.29, 1.82) is 0 Å². The molecule has 21 heavy (non-hydrogen) atoms. The monoisotopic (exact) mass is 290 g/mol. The molecule has 116 valence electrons. The van der Waals surface area contributed by atoms with Crippen molar-refractivity contribution in [2.24, 2.45) is 0 Å². The molecule has 0 atom stereocenters.